The Morgan fingerprint density at radius 3 is 2.52 bits per heavy atom. The quantitative estimate of drug-likeness (QED) is 0.377. The van der Waals surface area contributed by atoms with Gasteiger partial charge in [0.15, 0.2) is 0 Å². The smallest absolute Gasteiger partial charge is 0.338 e. The molecule has 0 radical (unpaired) electrons. The highest BCUT2D eigenvalue weighted by atomic mass is 16.5. The first-order valence-electron chi connectivity index (χ1n) is 7.91. The van der Waals surface area contributed by atoms with Gasteiger partial charge in [-0.05, 0) is 37.8 Å². The van der Waals surface area contributed by atoms with Crippen molar-refractivity contribution in [3.8, 4) is 11.5 Å². The van der Waals surface area contributed by atoms with Crippen LogP contribution in [0.25, 0.3) is 5.57 Å². The lowest BCUT2D eigenvalue weighted by Crippen LogP contribution is -2.11. The van der Waals surface area contributed by atoms with E-state index in [2.05, 4.69) is 6.58 Å². The number of rotatable bonds is 10. The van der Waals surface area contributed by atoms with Crippen molar-refractivity contribution in [3.63, 3.8) is 0 Å². The molecule has 0 bridgehead atoms. The first-order valence-corrected chi connectivity index (χ1v) is 7.91. The van der Waals surface area contributed by atoms with Gasteiger partial charge in [0.05, 0.1) is 31.0 Å². The second-order valence-corrected chi connectivity index (χ2v) is 5.42. The Balaban J connectivity index is 2.22. The Labute approximate surface area is 137 Å². The summed E-state index contributed by atoms with van der Waals surface area (Å²) in [5.41, 5.74) is 0.799. The van der Waals surface area contributed by atoms with E-state index in [1.54, 1.807) is 20.1 Å². The van der Waals surface area contributed by atoms with E-state index in [0.29, 0.717) is 49.4 Å². The van der Waals surface area contributed by atoms with Gasteiger partial charge >= 0.3 is 5.97 Å². The summed E-state index contributed by atoms with van der Waals surface area (Å²) in [6.07, 6.45) is 2.39. The molecule has 1 aliphatic rings. The molecule has 0 aromatic heterocycles. The molecule has 23 heavy (non-hydrogen) atoms. The molecule has 0 saturated heterocycles. The molecule has 0 N–H and O–H groups in total. The lowest BCUT2D eigenvalue weighted by atomic mass is 10.0. The average Bonchev–Trinajstić information content (AvgIpc) is 3.37. The Morgan fingerprint density at radius 1 is 1.22 bits per heavy atom. The second-order valence-electron chi connectivity index (χ2n) is 5.42. The molecule has 1 saturated carbocycles. The number of carbonyl (C=O) groups is 1. The maximum Gasteiger partial charge on any atom is 0.338 e. The van der Waals surface area contributed by atoms with Gasteiger partial charge in [-0.2, -0.15) is 0 Å². The molecular weight excluding hydrogens is 296 g/mol. The summed E-state index contributed by atoms with van der Waals surface area (Å²) < 4.78 is 21.6. The molecule has 0 aliphatic heterocycles. The molecule has 0 atom stereocenters. The molecule has 5 nitrogen and oxygen atoms in total. The number of hydrogen-bond acceptors (Lipinski definition) is 5. The van der Waals surface area contributed by atoms with Crippen molar-refractivity contribution in [3.05, 3.63) is 30.3 Å². The Hall–Kier alpha value is -2.01. The van der Waals surface area contributed by atoms with Gasteiger partial charge in [0, 0.05) is 7.11 Å². The van der Waals surface area contributed by atoms with Crippen LogP contribution in [0, 0.1) is 5.92 Å². The first kappa shape index (κ1) is 17.3. The molecule has 1 aromatic carbocycles. The summed E-state index contributed by atoms with van der Waals surface area (Å²) in [7, 11) is 1.61. The predicted molar refractivity (Wildman–Crippen MR) is 87.7 cm³/mol. The minimum absolute atomic E-state index is 0.241. The zero-order valence-electron chi connectivity index (χ0n) is 13.8. The third kappa shape index (κ3) is 4.99. The molecule has 0 unspecified atom stereocenters. The topological polar surface area (TPSA) is 54.0 Å². The largest absolute Gasteiger partial charge is 0.493 e. The van der Waals surface area contributed by atoms with Crippen LogP contribution in [0.1, 0.15) is 25.3 Å². The zero-order valence-corrected chi connectivity index (χ0v) is 13.8. The second kappa shape index (κ2) is 8.58. The number of methoxy groups -OCH3 is 1. The molecule has 1 aromatic rings. The molecule has 5 heteroatoms. The molecular formula is C18H24O5. The van der Waals surface area contributed by atoms with Crippen molar-refractivity contribution in [2.24, 2.45) is 5.92 Å². The normalized spacial score (nSPS) is 13.5. The van der Waals surface area contributed by atoms with Crippen molar-refractivity contribution in [1.29, 1.82) is 0 Å². The van der Waals surface area contributed by atoms with Gasteiger partial charge in [0.1, 0.15) is 18.1 Å². The first-order chi connectivity index (χ1) is 11.2. The van der Waals surface area contributed by atoms with Crippen LogP contribution in [-0.4, -0.2) is 39.5 Å². The minimum Gasteiger partial charge on any atom is -0.493 e. The molecule has 1 fully saturated rings. The van der Waals surface area contributed by atoms with Crippen LogP contribution in [0.2, 0.25) is 0 Å². The van der Waals surface area contributed by atoms with E-state index in [4.69, 9.17) is 18.9 Å². The van der Waals surface area contributed by atoms with Crippen LogP contribution in [0.4, 0.5) is 0 Å². The number of ether oxygens (including phenoxy) is 4. The van der Waals surface area contributed by atoms with E-state index >= 15 is 0 Å². The van der Waals surface area contributed by atoms with Crippen LogP contribution >= 0.6 is 0 Å². The number of esters is 1. The predicted octanol–water partition coefficient (Wildman–Crippen LogP) is 3.08. The Morgan fingerprint density at radius 2 is 1.91 bits per heavy atom. The SMILES string of the molecule is C=C(C(=O)OCC)c1c(OCCOC)cccc1OCC1CC1. The zero-order chi connectivity index (χ0) is 16.7. The summed E-state index contributed by atoms with van der Waals surface area (Å²) in [6, 6.07) is 5.46. The van der Waals surface area contributed by atoms with Gasteiger partial charge in [0.2, 0.25) is 0 Å². The summed E-state index contributed by atoms with van der Waals surface area (Å²) in [5.74, 6) is 1.29. The van der Waals surface area contributed by atoms with Crippen molar-refractivity contribution in [2.75, 3.05) is 33.5 Å². The van der Waals surface area contributed by atoms with E-state index in [1.165, 1.54) is 12.8 Å². The maximum atomic E-state index is 12.1. The van der Waals surface area contributed by atoms with E-state index in [9.17, 15) is 4.79 Å². The van der Waals surface area contributed by atoms with Crippen molar-refractivity contribution in [1.82, 2.24) is 0 Å². The molecule has 0 heterocycles. The fraction of sp³-hybridized carbons (Fsp3) is 0.500. The highest BCUT2D eigenvalue weighted by molar-refractivity contribution is 6.17. The monoisotopic (exact) mass is 320 g/mol. The lowest BCUT2D eigenvalue weighted by Gasteiger charge is -2.17. The standard InChI is InChI=1S/C18H24O5/c1-4-21-18(19)13(2)17-15(22-11-10-20-3)6-5-7-16(17)23-12-14-8-9-14/h5-7,14H,2,4,8-12H2,1,3H3. The minimum atomic E-state index is -0.466. The Bertz CT molecular complexity index is 548. The van der Waals surface area contributed by atoms with E-state index in [1.807, 2.05) is 12.1 Å². The number of hydrogen-bond donors (Lipinski definition) is 0. The molecule has 2 rings (SSSR count). The van der Waals surface area contributed by atoms with Gasteiger partial charge in [-0.15, -0.1) is 0 Å². The number of benzene rings is 1. The molecule has 1 aliphatic carbocycles. The van der Waals surface area contributed by atoms with Gasteiger partial charge in [-0.1, -0.05) is 12.6 Å². The van der Waals surface area contributed by atoms with Crippen LogP contribution < -0.4 is 9.47 Å². The van der Waals surface area contributed by atoms with Crippen LogP contribution in [0.5, 0.6) is 11.5 Å². The Kier molecular flexibility index (Phi) is 6.47. The van der Waals surface area contributed by atoms with Crippen LogP contribution in [-0.2, 0) is 14.3 Å². The van der Waals surface area contributed by atoms with Gasteiger partial charge in [-0.3, -0.25) is 0 Å². The summed E-state index contributed by atoms with van der Waals surface area (Å²) in [6.45, 7) is 7.41. The van der Waals surface area contributed by atoms with Crippen LogP contribution in [0.15, 0.2) is 24.8 Å². The highest BCUT2D eigenvalue weighted by Crippen LogP contribution is 2.37. The van der Waals surface area contributed by atoms with Crippen molar-refractivity contribution >= 4 is 11.5 Å². The third-order valence-corrected chi connectivity index (χ3v) is 3.53. The van der Waals surface area contributed by atoms with Gasteiger partial charge < -0.3 is 18.9 Å². The van der Waals surface area contributed by atoms with Gasteiger partial charge in [0.25, 0.3) is 0 Å². The fourth-order valence-electron chi connectivity index (χ4n) is 2.10. The van der Waals surface area contributed by atoms with Crippen molar-refractivity contribution < 1.29 is 23.7 Å². The van der Waals surface area contributed by atoms with Gasteiger partial charge in [-0.25, -0.2) is 4.79 Å². The third-order valence-electron chi connectivity index (χ3n) is 3.53. The summed E-state index contributed by atoms with van der Waals surface area (Å²) >= 11 is 0. The summed E-state index contributed by atoms with van der Waals surface area (Å²) in [5, 5.41) is 0. The molecule has 126 valence electrons. The average molecular weight is 320 g/mol. The highest BCUT2D eigenvalue weighted by Gasteiger charge is 2.25. The lowest BCUT2D eigenvalue weighted by molar-refractivity contribution is -0.136. The fourth-order valence-corrected chi connectivity index (χ4v) is 2.10. The van der Waals surface area contributed by atoms with E-state index < -0.39 is 5.97 Å². The molecule has 0 amide bonds. The van der Waals surface area contributed by atoms with E-state index in [0.717, 1.165) is 0 Å². The number of carbonyl (C=O) groups excluding carboxylic acids is 1. The van der Waals surface area contributed by atoms with Crippen molar-refractivity contribution in [2.45, 2.75) is 19.8 Å². The van der Waals surface area contributed by atoms with E-state index in [-0.39, 0.29) is 5.57 Å². The summed E-state index contributed by atoms with van der Waals surface area (Å²) in [4.78, 5) is 12.1. The molecule has 0 spiro atoms. The van der Waals surface area contributed by atoms with Crippen LogP contribution in [0.3, 0.4) is 0 Å². The maximum absolute atomic E-state index is 12.1.